The van der Waals surface area contributed by atoms with E-state index in [2.05, 4.69) is 16.0 Å². The van der Waals surface area contributed by atoms with Crippen LogP contribution >= 0.6 is 0 Å². The molecular formula is C16H19N3O3. The predicted octanol–water partition coefficient (Wildman–Crippen LogP) is 1.76. The maximum atomic E-state index is 11.8. The quantitative estimate of drug-likeness (QED) is 0.727. The minimum Gasteiger partial charge on any atom is -0.468 e. The zero-order valence-corrected chi connectivity index (χ0v) is 12.4. The van der Waals surface area contributed by atoms with Crippen molar-refractivity contribution in [2.45, 2.75) is 13.5 Å². The highest BCUT2D eigenvalue weighted by Gasteiger charge is 2.07. The molecule has 0 spiro atoms. The van der Waals surface area contributed by atoms with Crippen molar-refractivity contribution >= 4 is 17.5 Å². The Labute approximate surface area is 128 Å². The zero-order valence-electron chi connectivity index (χ0n) is 12.4. The van der Waals surface area contributed by atoms with Gasteiger partial charge >= 0.3 is 0 Å². The number of anilines is 1. The van der Waals surface area contributed by atoms with Gasteiger partial charge in [-0.2, -0.15) is 0 Å². The first-order valence-corrected chi connectivity index (χ1v) is 7.10. The summed E-state index contributed by atoms with van der Waals surface area (Å²) in [5.74, 6) is 0.431. The van der Waals surface area contributed by atoms with Crippen LogP contribution in [0.5, 0.6) is 0 Å². The van der Waals surface area contributed by atoms with Crippen molar-refractivity contribution < 1.29 is 14.0 Å². The molecule has 2 aromatic rings. The van der Waals surface area contributed by atoms with Crippen molar-refractivity contribution in [1.82, 2.24) is 10.6 Å². The second-order valence-electron chi connectivity index (χ2n) is 4.67. The summed E-state index contributed by atoms with van der Waals surface area (Å²) in [5.41, 5.74) is 1.11. The summed E-state index contributed by atoms with van der Waals surface area (Å²) in [6.45, 7) is 3.06. The molecule has 0 fully saturated rings. The lowest BCUT2D eigenvalue weighted by molar-refractivity contribution is -0.115. The normalized spacial score (nSPS) is 10.2. The fourth-order valence-electron chi connectivity index (χ4n) is 1.92. The third kappa shape index (κ3) is 4.75. The van der Waals surface area contributed by atoms with E-state index < -0.39 is 0 Å². The Morgan fingerprint density at radius 2 is 2.05 bits per heavy atom. The Hall–Kier alpha value is -2.60. The van der Waals surface area contributed by atoms with Gasteiger partial charge in [0.1, 0.15) is 5.76 Å². The number of amides is 2. The van der Waals surface area contributed by atoms with Crippen LogP contribution in [-0.2, 0) is 11.3 Å². The molecule has 1 heterocycles. The third-order valence-corrected chi connectivity index (χ3v) is 2.91. The van der Waals surface area contributed by atoms with Gasteiger partial charge in [-0.3, -0.25) is 9.59 Å². The fourth-order valence-corrected chi connectivity index (χ4v) is 1.92. The number of rotatable bonds is 7. The SMILES string of the molecule is CCNC(=O)c1cccc(NC(=O)CNCc2ccco2)c1. The molecule has 0 aliphatic carbocycles. The second-order valence-corrected chi connectivity index (χ2v) is 4.67. The first kappa shape index (κ1) is 15.8. The maximum Gasteiger partial charge on any atom is 0.251 e. The molecule has 3 N–H and O–H groups in total. The van der Waals surface area contributed by atoms with Gasteiger partial charge in [-0.25, -0.2) is 0 Å². The number of hydrogen-bond donors (Lipinski definition) is 3. The van der Waals surface area contributed by atoms with Crippen LogP contribution in [0.4, 0.5) is 5.69 Å². The highest BCUT2D eigenvalue weighted by molar-refractivity contribution is 5.97. The predicted molar refractivity (Wildman–Crippen MR) is 83.5 cm³/mol. The van der Waals surface area contributed by atoms with E-state index in [9.17, 15) is 9.59 Å². The largest absolute Gasteiger partial charge is 0.468 e. The monoisotopic (exact) mass is 301 g/mol. The highest BCUT2D eigenvalue weighted by Crippen LogP contribution is 2.10. The fraction of sp³-hybridized carbons (Fsp3) is 0.250. The number of carbonyl (C=O) groups excluding carboxylic acids is 2. The minimum atomic E-state index is -0.181. The molecule has 6 nitrogen and oxygen atoms in total. The van der Waals surface area contributed by atoms with Crippen molar-refractivity contribution in [3.63, 3.8) is 0 Å². The number of furan rings is 1. The van der Waals surface area contributed by atoms with E-state index in [0.29, 0.717) is 24.3 Å². The van der Waals surface area contributed by atoms with Gasteiger partial charge in [-0.15, -0.1) is 0 Å². The zero-order chi connectivity index (χ0) is 15.8. The molecule has 116 valence electrons. The molecule has 0 bridgehead atoms. The molecule has 2 amide bonds. The Morgan fingerprint density at radius 3 is 2.77 bits per heavy atom. The van der Waals surface area contributed by atoms with E-state index in [1.807, 2.05) is 13.0 Å². The van der Waals surface area contributed by atoms with Crippen molar-refractivity contribution in [3.8, 4) is 0 Å². The molecular weight excluding hydrogens is 282 g/mol. The summed E-state index contributed by atoms with van der Waals surface area (Å²) in [4.78, 5) is 23.6. The average Bonchev–Trinajstić information content (AvgIpc) is 3.01. The van der Waals surface area contributed by atoms with Gasteiger partial charge in [-0.05, 0) is 37.3 Å². The number of hydrogen-bond acceptors (Lipinski definition) is 4. The average molecular weight is 301 g/mol. The molecule has 1 aromatic heterocycles. The van der Waals surface area contributed by atoms with Crippen LogP contribution in [0.15, 0.2) is 47.1 Å². The van der Waals surface area contributed by atoms with Crippen LogP contribution in [0.25, 0.3) is 0 Å². The molecule has 0 atom stereocenters. The first-order valence-electron chi connectivity index (χ1n) is 7.10. The second kappa shape index (κ2) is 7.99. The van der Waals surface area contributed by atoms with E-state index in [1.54, 1.807) is 36.6 Å². The van der Waals surface area contributed by atoms with Crippen LogP contribution in [0.1, 0.15) is 23.0 Å². The molecule has 0 unspecified atom stereocenters. The highest BCUT2D eigenvalue weighted by atomic mass is 16.3. The van der Waals surface area contributed by atoms with Gasteiger partial charge in [0.15, 0.2) is 0 Å². The van der Waals surface area contributed by atoms with E-state index in [0.717, 1.165) is 5.76 Å². The Kier molecular flexibility index (Phi) is 5.73. The van der Waals surface area contributed by atoms with Gasteiger partial charge in [0.2, 0.25) is 5.91 Å². The van der Waals surface area contributed by atoms with E-state index in [1.165, 1.54) is 0 Å². The van der Waals surface area contributed by atoms with Gasteiger partial charge in [0.05, 0.1) is 19.4 Å². The standard InChI is InChI=1S/C16H19N3O3/c1-2-18-16(21)12-5-3-6-13(9-12)19-15(20)11-17-10-14-7-4-8-22-14/h3-9,17H,2,10-11H2,1H3,(H,18,21)(H,19,20). The van der Waals surface area contributed by atoms with E-state index in [-0.39, 0.29) is 18.4 Å². The molecule has 6 heteroatoms. The van der Waals surface area contributed by atoms with Crippen LogP contribution in [0.2, 0.25) is 0 Å². The smallest absolute Gasteiger partial charge is 0.251 e. The van der Waals surface area contributed by atoms with E-state index >= 15 is 0 Å². The molecule has 0 aliphatic rings. The van der Waals surface area contributed by atoms with Gasteiger partial charge in [-0.1, -0.05) is 6.07 Å². The molecule has 0 aliphatic heterocycles. The Morgan fingerprint density at radius 1 is 1.18 bits per heavy atom. The molecule has 22 heavy (non-hydrogen) atoms. The summed E-state index contributed by atoms with van der Waals surface area (Å²) < 4.78 is 5.16. The molecule has 1 aromatic carbocycles. The minimum absolute atomic E-state index is 0.158. The molecule has 0 radical (unpaired) electrons. The van der Waals surface area contributed by atoms with Crippen LogP contribution in [0, 0.1) is 0 Å². The number of nitrogens with one attached hydrogen (secondary N) is 3. The Bertz CT molecular complexity index is 623. The summed E-state index contributed by atoms with van der Waals surface area (Å²) in [5, 5.41) is 8.45. The van der Waals surface area contributed by atoms with Crippen molar-refractivity contribution in [2.24, 2.45) is 0 Å². The van der Waals surface area contributed by atoms with Gasteiger partial charge in [0, 0.05) is 17.8 Å². The summed E-state index contributed by atoms with van der Waals surface area (Å²) in [6.07, 6.45) is 1.59. The summed E-state index contributed by atoms with van der Waals surface area (Å²) in [7, 11) is 0. The maximum absolute atomic E-state index is 11.8. The lowest BCUT2D eigenvalue weighted by atomic mass is 10.2. The lowest BCUT2D eigenvalue weighted by Crippen LogP contribution is -2.28. The lowest BCUT2D eigenvalue weighted by Gasteiger charge is -2.08. The summed E-state index contributed by atoms with van der Waals surface area (Å²) in [6, 6.07) is 10.5. The van der Waals surface area contributed by atoms with Crippen molar-refractivity contribution in [2.75, 3.05) is 18.4 Å². The molecule has 0 saturated carbocycles. The third-order valence-electron chi connectivity index (χ3n) is 2.91. The number of benzene rings is 1. The van der Waals surface area contributed by atoms with Crippen LogP contribution in [0.3, 0.4) is 0 Å². The van der Waals surface area contributed by atoms with Crippen LogP contribution < -0.4 is 16.0 Å². The van der Waals surface area contributed by atoms with Gasteiger partial charge in [0.25, 0.3) is 5.91 Å². The first-order chi connectivity index (χ1) is 10.7. The van der Waals surface area contributed by atoms with Crippen molar-refractivity contribution in [1.29, 1.82) is 0 Å². The van der Waals surface area contributed by atoms with Crippen LogP contribution in [-0.4, -0.2) is 24.9 Å². The van der Waals surface area contributed by atoms with E-state index in [4.69, 9.17) is 4.42 Å². The molecule has 2 rings (SSSR count). The number of carbonyl (C=O) groups is 2. The summed E-state index contributed by atoms with van der Waals surface area (Å²) >= 11 is 0. The van der Waals surface area contributed by atoms with Crippen molar-refractivity contribution in [3.05, 3.63) is 54.0 Å². The molecule has 0 saturated heterocycles. The Balaban J connectivity index is 1.83. The van der Waals surface area contributed by atoms with Gasteiger partial charge < -0.3 is 20.4 Å². The topological polar surface area (TPSA) is 83.4 Å².